The summed E-state index contributed by atoms with van der Waals surface area (Å²) in [4.78, 5) is 27.6. The summed E-state index contributed by atoms with van der Waals surface area (Å²) in [6.45, 7) is 1.34. The minimum absolute atomic E-state index is 0.158. The molecule has 2 N–H and O–H groups in total. The number of halogens is 1. The van der Waals surface area contributed by atoms with Crippen LogP contribution >= 0.6 is 0 Å². The van der Waals surface area contributed by atoms with Gasteiger partial charge in [-0.3, -0.25) is 14.6 Å². The van der Waals surface area contributed by atoms with Crippen molar-refractivity contribution in [2.24, 2.45) is 0 Å². The van der Waals surface area contributed by atoms with E-state index in [-0.39, 0.29) is 11.5 Å². The number of hydrogen-bond donors (Lipinski definition) is 2. The molecule has 3 rings (SSSR count). The van der Waals surface area contributed by atoms with E-state index in [1.54, 1.807) is 6.07 Å². The van der Waals surface area contributed by atoms with Crippen LogP contribution in [0.3, 0.4) is 0 Å². The van der Waals surface area contributed by atoms with E-state index in [0.717, 1.165) is 17.0 Å². The predicted molar refractivity (Wildman–Crippen MR) is 90.4 cm³/mol. The third-order valence-corrected chi connectivity index (χ3v) is 3.38. The number of para-hydroxylation sites is 1. The van der Waals surface area contributed by atoms with Crippen molar-refractivity contribution in [2.75, 3.05) is 10.6 Å². The zero-order valence-corrected chi connectivity index (χ0v) is 12.8. The van der Waals surface area contributed by atoms with E-state index in [1.165, 1.54) is 25.3 Å². The van der Waals surface area contributed by atoms with Gasteiger partial charge in [-0.15, -0.1) is 0 Å². The monoisotopic (exact) mass is 323 g/mol. The Bertz CT molecular complexity index is 940. The van der Waals surface area contributed by atoms with Crippen molar-refractivity contribution < 1.29 is 14.0 Å². The van der Waals surface area contributed by atoms with Crippen molar-refractivity contribution in [2.45, 2.75) is 6.92 Å². The molecule has 0 fully saturated rings. The van der Waals surface area contributed by atoms with Gasteiger partial charge in [-0.2, -0.15) is 0 Å². The zero-order chi connectivity index (χ0) is 17.1. The van der Waals surface area contributed by atoms with Gasteiger partial charge >= 0.3 is 0 Å². The number of anilines is 2. The van der Waals surface area contributed by atoms with Crippen LogP contribution in [0.2, 0.25) is 0 Å². The molecular formula is C18H14FN3O2. The van der Waals surface area contributed by atoms with Gasteiger partial charge in [-0.05, 0) is 30.3 Å². The molecule has 0 unspecified atom stereocenters. The van der Waals surface area contributed by atoms with Crippen LogP contribution in [-0.4, -0.2) is 16.8 Å². The molecule has 0 saturated heterocycles. The first-order valence-electron chi connectivity index (χ1n) is 7.26. The fourth-order valence-electron chi connectivity index (χ4n) is 2.32. The summed E-state index contributed by atoms with van der Waals surface area (Å²) >= 11 is 0. The van der Waals surface area contributed by atoms with E-state index in [9.17, 15) is 14.0 Å². The molecule has 2 aromatic carbocycles. The van der Waals surface area contributed by atoms with E-state index in [4.69, 9.17) is 0 Å². The average Bonchev–Trinajstić information content (AvgIpc) is 2.56. The number of carbonyl (C=O) groups is 2. The van der Waals surface area contributed by atoms with Crippen molar-refractivity contribution in [3.63, 3.8) is 0 Å². The lowest BCUT2D eigenvalue weighted by Crippen LogP contribution is -2.15. The van der Waals surface area contributed by atoms with E-state index >= 15 is 0 Å². The summed E-state index contributed by atoms with van der Waals surface area (Å²) in [5.41, 5.74) is 1.46. The van der Waals surface area contributed by atoms with Crippen molar-refractivity contribution >= 4 is 34.1 Å². The fraction of sp³-hybridized carbons (Fsp3) is 0.0556. The summed E-state index contributed by atoms with van der Waals surface area (Å²) in [6, 6.07) is 13.1. The lowest BCUT2D eigenvalue weighted by molar-refractivity contribution is -0.114. The molecule has 3 aromatic rings. The summed E-state index contributed by atoms with van der Waals surface area (Å²) < 4.78 is 13.9. The van der Waals surface area contributed by atoms with Gasteiger partial charge < -0.3 is 10.6 Å². The average molecular weight is 323 g/mol. The second-order valence-corrected chi connectivity index (χ2v) is 5.25. The number of rotatable bonds is 3. The summed E-state index contributed by atoms with van der Waals surface area (Å²) in [5, 5.41) is 6.00. The van der Waals surface area contributed by atoms with Crippen LogP contribution in [-0.2, 0) is 4.79 Å². The first-order valence-corrected chi connectivity index (χ1v) is 7.26. The second kappa shape index (κ2) is 6.45. The minimum atomic E-state index is -0.671. The maximum Gasteiger partial charge on any atom is 0.258 e. The smallest absolute Gasteiger partial charge is 0.258 e. The van der Waals surface area contributed by atoms with Crippen molar-refractivity contribution in [1.29, 1.82) is 0 Å². The molecule has 0 aliphatic rings. The molecule has 0 atom stereocenters. The molecule has 0 radical (unpaired) electrons. The molecule has 24 heavy (non-hydrogen) atoms. The fourth-order valence-corrected chi connectivity index (χ4v) is 2.32. The lowest BCUT2D eigenvalue weighted by atomic mass is 10.1. The lowest BCUT2D eigenvalue weighted by Gasteiger charge is -2.09. The largest absolute Gasteiger partial charge is 0.326 e. The Morgan fingerprint density at radius 2 is 1.79 bits per heavy atom. The maximum absolute atomic E-state index is 13.9. The van der Waals surface area contributed by atoms with Crippen LogP contribution in [0.4, 0.5) is 15.8 Å². The zero-order valence-electron chi connectivity index (χ0n) is 12.8. The predicted octanol–water partition coefficient (Wildman–Crippen LogP) is 3.58. The molecule has 5 nitrogen and oxygen atoms in total. The van der Waals surface area contributed by atoms with Crippen molar-refractivity contribution in [3.05, 3.63) is 66.1 Å². The van der Waals surface area contributed by atoms with Gasteiger partial charge in [0.25, 0.3) is 5.91 Å². The van der Waals surface area contributed by atoms with Crippen LogP contribution in [0.5, 0.6) is 0 Å². The Kier molecular flexibility index (Phi) is 4.20. The molecule has 0 aliphatic heterocycles. The molecule has 0 spiro atoms. The van der Waals surface area contributed by atoms with Gasteiger partial charge in [0.15, 0.2) is 0 Å². The molecule has 0 saturated carbocycles. The standard InChI is InChI=1S/C18H14FN3O2/c1-11(23)21-13-6-7-16(19)15(9-13)18(24)22-14-8-12-4-2-3-5-17(12)20-10-14/h2-10H,1H3,(H,21,23)(H,22,24). The highest BCUT2D eigenvalue weighted by atomic mass is 19.1. The minimum Gasteiger partial charge on any atom is -0.326 e. The summed E-state index contributed by atoms with van der Waals surface area (Å²) in [6.07, 6.45) is 1.51. The Balaban J connectivity index is 1.86. The Hall–Kier alpha value is -3.28. The third-order valence-electron chi connectivity index (χ3n) is 3.38. The molecule has 2 amide bonds. The number of carbonyl (C=O) groups excluding carboxylic acids is 2. The van der Waals surface area contributed by atoms with Crippen molar-refractivity contribution in [3.8, 4) is 0 Å². The molecule has 1 aromatic heterocycles. The number of amides is 2. The Morgan fingerprint density at radius 3 is 2.58 bits per heavy atom. The van der Waals surface area contributed by atoms with Gasteiger partial charge in [0.1, 0.15) is 5.82 Å². The maximum atomic E-state index is 13.9. The highest BCUT2D eigenvalue weighted by molar-refractivity contribution is 6.06. The van der Waals surface area contributed by atoms with Gasteiger partial charge in [-0.1, -0.05) is 18.2 Å². The molecule has 0 bridgehead atoms. The SMILES string of the molecule is CC(=O)Nc1ccc(F)c(C(=O)Nc2cnc3ccccc3c2)c1. The number of benzene rings is 2. The Labute approximate surface area is 137 Å². The summed E-state index contributed by atoms with van der Waals surface area (Å²) in [7, 11) is 0. The number of hydrogen-bond acceptors (Lipinski definition) is 3. The van der Waals surface area contributed by atoms with Gasteiger partial charge in [0, 0.05) is 18.0 Å². The molecule has 1 heterocycles. The highest BCUT2D eigenvalue weighted by Crippen LogP contribution is 2.19. The van der Waals surface area contributed by atoms with Crippen molar-refractivity contribution in [1.82, 2.24) is 4.98 Å². The Morgan fingerprint density at radius 1 is 1.00 bits per heavy atom. The van der Waals surface area contributed by atoms with Crippen LogP contribution in [0, 0.1) is 5.82 Å². The van der Waals surface area contributed by atoms with Crippen LogP contribution in [0.25, 0.3) is 10.9 Å². The number of fused-ring (bicyclic) bond motifs is 1. The first kappa shape index (κ1) is 15.6. The molecule has 0 aliphatic carbocycles. The molecular weight excluding hydrogens is 309 g/mol. The molecule has 120 valence electrons. The third kappa shape index (κ3) is 3.38. The number of aromatic nitrogens is 1. The van der Waals surface area contributed by atoms with E-state index in [0.29, 0.717) is 11.4 Å². The van der Waals surface area contributed by atoms with Gasteiger partial charge in [0.2, 0.25) is 5.91 Å². The number of nitrogens with one attached hydrogen (secondary N) is 2. The highest BCUT2D eigenvalue weighted by Gasteiger charge is 2.13. The van der Waals surface area contributed by atoms with Gasteiger partial charge in [0.05, 0.1) is 23.0 Å². The van der Waals surface area contributed by atoms with Crippen LogP contribution < -0.4 is 10.6 Å². The number of pyridine rings is 1. The number of nitrogens with zero attached hydrogens (tertiary/aromatic N) is 1. The topological polar surface area (TPSA) is 71.1 Å². The second-order valence-electron chi connectivity index (χ2n) is 5.25. The van der Waals surface area contributed by atoms with E-state index in [1.807, 2.05) is 24.3 Å². The van der Waals surface area contributed by atoms with Gasteiger partial charge in [-0.25, -0.2) is 4.39 Å². The first-order chi connectivity index (χ1) is 11.5. The van der Waals surface area contributed by atoms with Crippen LogP contribution in [0.1, 0.15) is 17.3 Å². The van der Waals surface area contributed by atoms with E-state index in [2.05, 4.69) is 15.6 Å². The quantitative estimate of drug-likeness (QED) is 0.774. The molecule has 6 heteroatoms. The van der Waals surface area contributed by atoms with Crippen LogP contribution in [0.15, 0.2) is 54.7 Å². The summed E-state index contributed by atoms with van der Waals surface area (Å²) in [5.74, 6) is -1.58. The van der Waals surface area contributed by atoms with E-state index < -0.39 is 11.7 Å². The normalized spacial score (nSPS) is 10.4.